The van der Waals surface area contributed by atoms with E-state index >= 15 is 0 Å². The first kappa shape index (κ1) is 22.3. The first-order chi connectivity index (χ1) is 16.4. The highest BCUT2D eigenvalue weighted by Crippen LogP contribution is 2.45. The monoisotopic (exact) mass is 515 g/mol. The fourth-order valence-corrected chi connectivity index (χ4v) is 4.84. The third-order valence-corrected chi connectivity index (χ3v) is 6.77. The summed E-state index contributed by atoms with van der Waals surface area (Å²) in [7, 11) is 1.55. The fourth-order valence-electron chi connectivity index (χ4n) is 4.48. The van der Waals surface area contributed by atoms with Crippen molar-refractivity contribution in [3.63, 3.8) is 0 Å². The maximum absolute atomic E-state index is 13.6. The second-order valence-corrected chi connectivity index (χ2v) is 9.34. The van der Waals surface area contributed by atoms with Crippen molar-refractivity contribution in [1.82, 2.24) is 0 Å². The summed E-state index contributed by atoms with van der Waals surface area (Å²) < 4.78 is 5.87. The molecule has 1 aliphatic rings. The Balaban J connectivity index is 1.49. The number of aliphatic hydroxyl groups is 1. The predicted molar refractivity (Wildman–Crippen MR) is 135 cm³/mol. The second-order valence-electron chi connectivity index (χ2n) is 8.42. The van der Waals surface area contributed by atoms with Crippen LogP contribution in [0.4, 0.5) is 5.69 Å². The maximum atomic E-state index is 13.6. The average Bonchev–Trinajstić information content (AvgIpc) is 3.05. The first-order valence-corrected chi connectivity index (χ1v) is 11.7. The number of halogens is 1. The molecular weight excluding hydrogens is 494 g/mol. The zero-order chi connectivity index (χ0) is 23.9. The lowest BCUT2D eigenvalue weighted by Gasteiger charge is -2.23. The van der Waals surface area contributed by atoms with Crippen molar-refractivity contribution < 1.29 is 19.4 Å². The topological polar surface area (TPSA) is 66.8 Å². The number of carbonyl (C=O) groups is 2. The molecule has 1 amide bonds. The molecule has 0 radical (unpaired) electrons. The number of hydrogen-bond donors (Lipinski definition) is 1. The number of nitrogens with zero attached hydrogens (tertiary/aromatic N) is 1. The van der Waals surface area contributed by atoms with Crippen molar-refractivity contribution in [2.24, 2.45) is 0 Å². The molecule has 0 bridgehead atoms. The SMILES string of the molecule is COc1ccc(C(=O)CC2(O)C(=O)N(Cc3ccc4ccccc4c3)c3ccc(Br)cc32)cc1. The summed E-state index contributed by atoms with van der Waals surface area (Å²) in [5, 5.41) is 13.8. The smallest absolute Gasteiger partial charge is 0.264 e. The molecule has 170 valence electrons. The summed E-state index contributed by atoms with van der Waals surface area (Å²) in [5.74, 6) is -0.198. The minimum atomic E-state index is -1.95. The molecule has 1 atom stereocenters. The summed E-state index contributed by atoms with van der Waals surface area (Å²) in [5.41, 5.74) is 0.423. The Morgan fingerprint density at radius 3 is 2.44 bits per heavy atom. The Labute approximate surface area is 205 Å². The van der Waals surface area contributed by atoms with Gasteiger partial charge in [0.05, 0.1) is 25.8 Å². The van der Waals surface area contributed by atoms with Crippen molar-refractivity contribution in [1.29, 1.82) is 0 Å². The van der Waals surface area contributed by atoms with E-state index in [1.54, 1.807) is 48.4 Å². The van der Waals surface area contributed by atoms with Crippen LogP contribution in [0.1, 0.15) is 27.9 Å². The highest BCUT2D eigenvalue weighted by Gasteiger charge is 2.51. The molecule has 1 unspecified atom stereocenters. The molecule has 6 heteroatoms. The molecule has 0 fully saturated rings. The molecule has 0 aromatic heterocycles. The van der Waals surface area contributed by atoms with Gasteiger partial charge in [-0.05, 0) is 64.9 Å². The van der Waals surface area contributed by atoms with Crippen molar-refractivity contribution in [3.05, 3.63) is 106 Å². The summed E-state index contributed by atoms with van der Waals surface area (Å²) in [6.45, 7) is 0.289. The molecule has 0 saturated carbocycles. The minimum absolute atomic E-state index is 0.289. The van der Waals surface area contributed by atoms with E-state index in [1.807, 2.05) is 48.5 Å². The highest BCUT2D eigenvalue weighted by molar-refractivity contribution is 9.10. The Bertz CT molecular complexity index is 1420. The van der Waals surface area contributed by atoms with Gasteiger partial charge in [0.15, 0.2) is 11.4 Å². The number of ketones is 1. The largest absolute Gasteiger partial charge is 0.497 e. The average molecular weight is 516 g/mol. The first-order valence-electron chi connectivity index (χ1n) is 10.9. The molecule has 5 nitrogen and oxygen atoms in total. The van der Waals surface area contributed by atoms with Gasteiger partial charge in [0.25, 0.3) is 5.91 Å². The van der Waals surface area contributed by atoms with E-state index in [4.69, 9.17) is 4.74 Å². The van der Waals surface area contributed by atoms with Gasteiger partial charge < -0.3 is 14.7 Å². The van der Waals surface area contributed by atoms with E-state index in [9.17, 15) is 14.7 Å². The number of ether oxygens (including phenoxy) is 1. The van der Waals surface area contributed by atoms with Crippen molar-refractivity contribution in [3.8, 4) is 5.75 Å². The minimum Gasteiger partial charge on any atom is -0.497 e. The lowest BCUT2D eigenvalue weighted by Crippen LogP contribution is -2.41. The van der Waals surface area contributed by atoms with Crippen LogP contribution in [0, 0.1) is 0 Å². The lowest BCUT2D eigenvalue weighted by atomic mass is 9.88. The van der Waals surface area contributed by atoms with Crippen molar-refractivity contribution >= 4 is 44.1 Å². The molecule has 0 aliphatic carbocycles. The Morgan fingerprint density at radius 2 is 1.71 bits per heavy atom. The second kappa shape index (κ2) is 8.70. The number of Topliss-reactive ketones (excluding diaryl/α,β-unsaturated/α-hetero) is 1. The predicted octanol–water partition coefficient (Wildman–Crippen LogP) is 5.62. The van der Waals surface area contributed by atoms with Crippen LogP contribution in [0.5, 0.6) is 5.75 Å². The fraction of sp³-hybridized carbons (Fsp3) is 0.143. The van der Waals surface area contributed by atoms with E-state index in [2.05, 4.69) is 15.9 Å². The van der Waals surface area contributed by atoms with Crippen LogP contribution in [0.3, 0.4) is 0 Å². The lowest BCUT2D eigenvalue weighted by molar-refractivity contribution is -0.136. The number of benzene rings is 4. The van der Waals surface area contributed by atoms with Crippen LogP contribution in [0.2, 0.25) is 0 Å². The van der Waals surface area contributed by atoms with Crippen LogP contribution in [-0.2, 0) is 16.9 Å². The molecule has 34 heavy (non-hydrogen) atoms. The molecule has 1 aliphatic heterocycles. The van der Waals surface area contributed by atoms with E-state index in [1.165, 1.54) is 0 Å². The van der Waals surface area contributed by atoms with Crippen LogP contribution < -0.4 is 9.64 Å². The van der Waals surface area contributed by atoms with Crippen LogP contribution in [0.25, 0.3) is 10.8 Å². The van der Waals surface area contributed by atoms with Gasteiger partial charge in [-0.1, -0.05) is 52.3 Å². The van der Waals surface area contributed by atoms with E-state index in [-0.39, 0.29) is 18.7 Å². The number of carbonyl (C=O) groups excluding carboxylic acids is 2. The van der Waals surface area contributed by atoms with E-state index < -0.39 is 11.5 Å². The van der Waals surface area contributed by atoms with Gasteiger partial charge in [0, 0.05) is 15.6 Å². The summed E-state index contributed by atoms with van der Waals surface area (Å²) in [4.78, 5) is 28.3. The molecular formula is C28H22BrNO4. The number of rotatable bonds is 6. The zero-order valence-electron chi connectivity index (χ0n) is 18.5. The van der Waals surface area contributed by atoms with E-state index in [0.29, 0.717) is 22.6 Å². The number of methoxy groups -OCH3 is 1. The van der Waals surface area contributed by atoms with Crippen LogP contribution >= 0.6 is 15.9 Å². The van der Waals surface area contributed by atoms with E-state index in [0.717, 1.165) is 20.8 Å². The van der Waals surface area contributed by atoms with Crippen molar-refractivity contribution in [2.45, 2.75) is 18.6 Å². The number of amides is 1. The Morgan fingerprint density at radius 1 is 0.971 bits per heavy atom. The number of hydrogen-bond acceptors (Lipinski definition) is 4. The highest BCUT2D eigenvalue weighted by atomic mass is 79.9. The molecule has 4 aromatic rings. The summed E-state index contributed by atoms with van der Waals surface area (Å²) in [6, 6.07) is 26.1. The quantitative estimate of drug-likeness (QED) is 0.338. The molecule has 1 heterocycles. The standard InChI is InChI=1S/C28H22BrNO4/c1-34-23-11-8-20(9-12-23)26(31)16-28(33)24-15-22(29)10-13-25(24)30(27(28)32)17-18-6-7-19-4-2-3-5-21(19)14-18/h2-15,33H,16-17H2,1H3. The van der Waals surface area contributed by atoms with Gasteiger partial charge in [-0.15, -0.1) is 0 Å². The van der Waals surface area contributed by atoms with Crippen LogP contribution in [0.15, 0.2) is 89.4 Å². The Kier molecular flexibility index (Phi) is 5.71. The van der Waals surface area contributed by atoms with Gasteiger partial charge in [-0.2, -0.15) is 0 Å². The molecule has 4 aromatic carbocycles. The van der Waals surface area contributed by atoms with Gasteiger partial charge in [0.1, 0.15) is 5.75 Å². The third kappa shape index (κ3) is 3.89. The summed E-state index contributed by atoms with van der Waals surface area (Å²) >= 11 is 3.44. The number of fused-ring (bicyclic) bond motifs is 2. The molecule has 0 spiro atoms. The molecule has 5 rings (SSSR count). The Hall–Kier alpha value is -3.48. The maximum Gasteiger partial charge on any atom is 0.264 e. The molecule has 1 N–H and O–H groups in total. The molecule has 0 saturated heterocycles. The van der Waals surface area contributed by atoms with Gasteiger partial charge in [0.2, 0.25) is 0 Å². The zero-order valence-corrected chi connectivity index (χ0v) is 20.1. The normalized spacial score (nSPS) is 17.1. The van der Waals surface area contributed by atoms with Crippen molar-refractivity contribution in [2.75, 3.05) is 12.0 Å². The van der Waals surface area contributed by atoms with Crippen LogP contribution in [-0.4, -0.2) is 23.9 Å². The summed E-state index contributed by atoms with van der Waals surface area (Å²) in [6.07, 6.45) is -0.351. The number of anilines is 1. The van der Waals surface area contributed by atoms with Gasteiger partial charge in [-0.3, -0.25) is 9.59 Å². The third-order valence-electron chi connectivity index (χ3n) is 6.28. The van der Waals surface area contributed by atoms with Gasteiger partial charge in [-0.25, -0.2) is 0 Å². The van der Waals surface area contributed by atoms with Gasteiger partial charge >= 0.3 is 0 Å².